The predicted molar refractivity (Wildman–Crippen MR) is 80.9 cm³/mol. The van der Waals surface area contributed by atoms with Gasteiger partial charge in [0.2, 0.25) is 0 Å². The normalized spacial score (nSPS) is 22.5. The first-order valence-corrected chi connectivity index (χ1v) is 7.49. The van der Waals surface area contributed by atoms with E-state index in [1.165, 1.54) is 5.56 Å². The lowest BCUT2D eigenvalue weighted by molar-refractivity contribution is -0.142. The zero-order valence-corrected chi connectivity index (χ0v) is 12.2. The van der Waals surface area contributed by atoms with Gasteiger partial charge in [0, 0.05) is 19.6 Å². The van der Waals surface area contributed by atoms with E-state index in [9.17, 15) is 4.79 Å². The Kier molecular flexibility index (Phi) is 3.92. The quantitative estimate of drug-likeness (QED) is 0.905. The number of aliphatic carboxylic acids is 1. The molecular weight excluding hydrogens is 266 g/mol. The first kappa shape index (κ1) is 14.1. The third-order valence-corrected chi connectivity index (χ3v) is 4.46. The third kappa shape index (κ3) is 3.08. The molecule has 2 N–H and O–H groups in total. The fourth-order valence-corrected chi connectivity index (χ4v) is 3.10. The average molecular weight is 287 g/mol. The first-order chi connectivity index (χ1) is 10.1. The van der Waals surface area contributed by atoms with Gasteiger partial charge >= 0.3 is 5.97 Å². The topological polar surface area (TPSA) is 67.2 Å². The zero-order valence-electron chi connectivity index (χ0n) is 12.2. The second kappa shape index (κ2) is 5.85. The lowest BCUT2D eigenvalue weighted by Crippen LogP contribution is -2.34. The Hall–Kier alpha value is -1.88. The average Bonchev–Trinajstić information content (AvgIpc) is 2.86. The van der Waals surface area contributed by atoms with Crippen molar-refractivity contribution in [2.45, 2.75) is 38.3 Å². The molecule has 112 valence electrons. The molecule has 1 aromatic heterocycles. The highest BCUT2D eigenvalue weighted by Crippen LogP contribution is 2.24. The smallest absolute Gasteiger partial charge is 0.306 e. The van der Waals surface area contributed by atoms with Crippen LogP contribution in [0.25, 0.3) is 11.0 Å². The number of nitrogens with one attached hydrogen (secondary N) is 1. The maximum Gasteiger partial charge on any atom is 0.306 e. The molecule has 0 unspecified atom stereocenters. The van der Waals surface area contributed by atoms with Crippen molar-refractivity contribution >= 4 is 17.0 Å². The number of carboxylic acid groups (broad SMARTS) is 1. The lowest BCUT2D eigenvalue weighted by Gasteiger charge is -2.27. The second-order valence-corrected chi connectivity index (χ2v) is 5.95. The highest BCUT2D eigenvalue weighted by molar-refractivity contribution is 5.75. The van der Waals surface area contributed by atoms with Gasteiger partial charge in [0.05, 0.1) is 23.3 Å². The second-order valence-electron chi connectivity index (χ2n) is 5.95. The van der Waals surface area contributed by atoms with Crippen LogP contribution < -0.4 is 5.32 Å². The fourth-order valence-electron chi connectivity index (χ4n) is 3.10. The molecule has 1 saturated carbocycles. The van der Waals surface area contributed by atoms with Crippen molar-refractivity contribution in [2.24, 2.45) is 13.0 Å². The van der Waals surface area contributed by atoms with E-state index in [1.54, 1.807) is 0 Å². The molecule has 1 aliphatic carbocycles. The molecule has 1 aromatic carbocycles. The number of fused-ring (bicyclic) bond motifs is 1. The van der Waals surface area contributed by atoms with E-state index in [1.807, 2.05) is 17.9 Å². The van der Waals surface area contributed by atoms with Gasteiger partial charge in [-0.2, -0.15) is 0 Å². The fraction of sp³-hybridized carbons (Fsp3) is 0.500. The number of benzene rings is 1. The summed E-state index contributed by atoms with van der Waals surface area (Å²) in [6.45, 7) is 0.814. The van der Waals surface area contributed by atoms with Gasteiger partial charge < -0.3 is 15.0 Å². The van der Waals surface area contributed by atoms with E-state index < -0.39 is 5.97 Å². The van der Waals surface area contributed by atoms with Crippen LogP contribution in [0.4, 0.5) is 0 Å². The molecule has 1 fully saturated rings. The van der Waals surface area contributed by atoms with Gasteiger partial charge in [0.1, 0.15) is 0 Å². The number of aromatic nitrogens is 2. The largest absolute Gasteiger partial charge is 0.481 e. The Labute approximate surface area is 124 Å². The molecule has 0 atom stereocenters. The van der Waals surface area contributed by atoms with E-state index >= 15 is 0 Å². The van der Waals surface area contributed by atoms with Crippen LogP contribution in [0.1, 0.15) is 31.2 Å². The SMILES string of the molecule is Cn1cnc2cc(CNC3CCC(C(=O)O)CC3)ccc21. The Morgan fingerprint density at radius 2 is 2.14 bits per heavy atom. The van der Waals surface area contributed by atoms with Gasteiger partial charge in [0.15, 0.2) is 0 Å². The maximum absolute atomic E-state index is 10.9. The molecular formula is C16H21N3O2. The summed E-state index contributed by atoms with van der Waals surface area (Å²) in [6.07, 6.45) is 5.29. The number of rotatable bonds is 4. The molecule has 0 aliphatic heterocycles. The number of imidazole rings is 1. The summed E-state index contributed by atoms with van der Waals surface area (Å²) in [5.41, 5.74) is 3.38. The van der Waals surface area contributed by atoms with Crippen LogP contribution in [0, 0.1) is 5.92 Å². The molecule has 0 amide bonds. The summed E-state index contributed by atoms with van der Waals surface area (Å²) in [7, 11) is 1.99. The van der Waals surface area contributed by atoms with Crippen LogP contribution in [-0.4, -0.2) is 26.7 Å². The molecule has 5 nitrogen and oxygen atoms in total. The zero-order chi connectivity index (χ0) is 14.8. The molecule has 0 spiro atoms. The Balaban J connectivity index is 1.56. The molecule has 3 rings (SSSR count). The summed E-state index contributed by atoms with van der Waals surface area (Å²) >= 11 is 0. The minimum Gasteiger partial charge on any atom is -0.481 e. The summed E-state index contributed by atoms with van der Waals surface area (Å²) in [6, 6.07) is 6.77. The summed E-state index contributed by atoms with van der Waals surface area (Å²) < 4.78 is 2.01. The number of hydrogen-bond donors (Lipinski definition) is 2. The molecule has 21 heavy (non-hydrogen) atoms. The summed E-state index contributed by atoms with van der Waals surface area (Å²) in [5, 5.41) is 12.5. The van der Waals surface area contributed by atoms with Crippen molar-refractivity contribution in [1.29, 1.82) is 0 Å². The van der Waals surface area contributed by atoms with Crippen LogP contribution in [0.5, 0.6) is 0 Å². The van der Waals surface area contributed by atoms with Crippen LogP contribution in [0.15, 0.2) is 24.5 Å². The molecule has 0 saturated heterocycles. The minimum atomic E-state index is -0.644. The van der Waals surface area contributed by atoms with Gasteiger partial charge in [-0.05, 0) is 43.4 Å². The Morgan fingerprint density at radius 3 is 2.86 bits per heavy atom. The van der Waals surface area contributed by atoms with Gasteiger partial charge in [-0.3, -0.25) is 4.79 Å². The lowest BCUT2D eigenvalue weighted by atomic mass is 9.86. The standard InChI is InChI=1S/C16H21N3O2/c1-19-10-18-14-8-11(2-7-15(14)19)9-17-13-5-3-12(4-6-13)16(20)21/h2,7-8,10,12-13,17H,3-6,9H2,1H3,(H,20,21). The van der Waals surface area contributed by atoms with Crippen LogP contribution in [0.2, 0.25) is 0 Å². The van der Waals surface area contributed by atoms with E-state index in [4.69, 9.17) is 5.11 Å². The number of aryl methyl sites for hydroxylation is 1. The molecule has 1 heterocycles. The monoisotopic (exact) mass is 287 g/mol. The van der Waals surface area contributed by atoms with Crippen LogP contribution in [-0.2, 0) is 18.4 Å². The number of nitrogens with zero attached hydrogens (tertiary/aromatic N) is 2. The first-order valence-electron chi connectivity index (χ1n) is 7.49. The van der Waals surface area contributed by atoms with Gasteiger partial charge in [0.25, 0.3) is 0 Å². The van der Waals surface area contributed by atoms with Crippen molar-refractivity contribution in [3.8, 4) is 0 Å². The van der Waals surface area contributed by atoms with Crippen LogP contribution >= 0.6 is 0 Å². The van der Waals surface area contributed by atoms with Gasteiger partial charge in [-0.1, -0.05) is 6.07 Å². The number of carbonyl (C=O) groups is 1. The van der Waals surface area contributed by atoms with Crippen molar-refractivity contribution in [3.63, 3.8) is 0 Å². The van der Waals surface area contributed by atoms with E-state index in [0.29, 0.717) is 6.04 Å². The van der Waals surface area contributed by atoms with E-state index in [2.05, 4.69) is 28.5 Å². The van der Waals surface area contributed by atoms with Crippen molar-refractivity contribution in [1.82, 2.24) is 14.9 Å². The van der Waals surface area contributed by atoms with Crippen molar-refractivity contribution < 1.29 is 9.90 Å². The predicted octanol–water partition coefficient (Wildman–Crippen LogP) is 2.31. The number of carboxylic acids is 1. The van der Waals surface area contributed by atoms with Crippen LogP contribution in [0.3, 0.4) is 0 Å². The maximum atomic E-state index is 10.9. The highest BCUT2D eigenvalue weighted by atomic mass is 16.4. The molecule has 1 aliphatic rings. The summed E-state index contributed by atoms with van der Waals surface area (Å²) in [4.78, 5) is 15.3. The Morgan fingerprint density at radius 1 is 1.38 bits per heavy atom. The van der Waals surface area contributed by atoms with Gasteiger partial charge in [-0.25, -0.2) is 4.98 Å². The van der Waals surface area contributed by atoms with Gasteiger partial charge in [-0.15, -0.1) is 0 Å². The van der Waals surface area contributed by atoms with E-state index in [0.717, 1.165) is 43.3 Å². The van der Waals surface area contributed by atoms with E-state index in [-0.39, 0.29) is 5.92 Å². The third-order valence-electron chi connectivity index (χ3n) is 4.46. The Bertz CT molecular complexity index is 642. The summed E-state index contributed by atoms with van der Waals surface area (Å²) in [5.74, 6) is -0.790. The molecule has 0 bridgehead atoms. The van der Waals surface area contributed by atoms with Crippen molar-refractivity contribution in [3.05, 3.63) is 30.1 Å². The highest BCUT2D eigenvalue weighted by Gasteiger charge is 2.25. The minimum absolute atomic E-state index is 0.145. The molecule has 5 heteroatoms. The van der Waals surface area contributed by atoms with Crippen molar-refractivity contribution in [2.75, 3.05) is 0 Å². The molecule has 0 radical (unpaired) electrons. The molecule has 2 aromatic rings. The number of hydrogen-bond acceptors (Lipinski definition) is 3.